The highest BCUT2D eigenvalue weighted by molar-refractivity contribution is 6.30. The van der Waals surface area contributed by atoms with Crippen LogP contribution >= 0.6 is 11.6 Å². The van der Waals surface area contributed by atoms with Gasteiger partial charge in [0.2, 0.25) is 0 Å². The molecular formula is C22H27ClFNO2. The summed E-state index contributed by atoms with van der Waals surface area (Å²) in [4.78, 5) is 2.02. The molecule has 0 aliphatic heterocycles. The summed E-state index contributed by atoms with van der Waals surface area (Å²) in [6, 6.07) is 12.0. The first-order valence-electron chi connectivity index (χ1n) is 8.84. The summed E-state index contributed by atoms with van der Waals surface area (Å²) in [6.07, 6.45) is 1.93. The van der Waals surface area contributed by atoms with Crippen LogP contribution in [-0.2, 0) is 5.60 Å². The Morgan fingerprint density at radius 3 is 2.41 bits per heavy atom. The molecule has 1 N–H and O–H groups in total. The van der Waals surface area contributed by atoms with Gasteiger partial charge >= 0.3 is 0 Å². The second-order valence-electron chi connectivity index (χ2n) is 7.16. The second kappa shape index (κ2) is 8.87. The fourth-order valence-corrected chi connectivity index (χ4v) is 3.55. The van der Waals surface area contributed by atoms with Gasteiger partial charge in [-0.15, -0.1) is 0 Å². The molecule has 0 radical (unpaired) electrons. The zero-order chi connectivity index (χ0) is 20.2. The first-order chi connectivity index (χ1) is 12.7. The van der Waals surface area contributed by atoms with Crippen LogP contribution in [0.25, 0.3) is 6.08 Å². The average Bonchev–Trinajstić information content (AvgIpc) is 2.63. The van der Waals surface area contributed by atoms with E-state index in [1.807, 2.05) is 63.2 Å². The predicted octanol–water partition coefficient (Wildman–Crippen LogP) is 4.98. The van der Waals surface area contributed by atoms with Gasteiger partial charge in [-0.05, 0) is 62.0 Å². The van der Waals surface area contributed by atoms with E-state index in [1.54, 1.807) is 13.2 Å². The molecule has 2 aromatic rings. The molecule has 5 heteroatoms. The van der Waals surface area contributed by atoms with Gasteiger partial charge in [-0.25, -0.2) is 4.39 Å². The van der Waals surface area contributed by atoms with Crippen LogP contribution < -0.4 is 4.74 Å². The second-order valence-corrected chi connectivity index (χ2v) is 7.57. The van der Waals surface area contributed by atoms with Gasteiger partial charge < -0.3 is 14.7 Å². The smallest absolute Gasteiger partial charge is 0.141 e. The predicted molar refractivity (Wildman–Crippen MR) is 110 cm³/mol. The highest BCUT2D eigenvalue weighted by Crippen LogP contribution is 2.39. The van der Waals surface area contributed by atoms with Crippen molar-refractivity contribution in [3.05, 3.63) is 70.0 Å². The van der Waals surface area contributed by atoms with Gasteiger partial charge in [-0.1, -0.05) is 42.8 Å². The summed E-state index contributed by atoms with van der Waals surface area (Å²) in [5.74, 6) is 0.120. The molecule has 0 amide bonds. The number of methoxy groups -OCH3 is 1. The molecule has 27 heavy (non-hydrogen) atoms. The van der Waals surface area contributed by atoms with Crippen molar-refractivity contribution in [1.29, 1.82) is 0 Å². The number of rotatable bonds is 7. The van der Waals surface area contributed by atoms with Gasteiger partial charge in [-0.3, -0.25) is 0 Å². The van der Waals surface area contributed by atoms with Crippen molar-refractivity contribution in [2.75, 3.05) is 27.7 Å². The molecule has 0 heterocycles. The van der Waals surface area contributed by atoms with Crippen molar-refractivity contribution < 1.29 is 14.2 Å². The summed E-state index contributed by atoms with van der Waals surface area (Å²) in [5, 5.41) is 11.7. The number of hydrogen-bond acceptors (Lipinski definition) is 3. The van der Waals surface area contributed by atoms with Crippen LogP contribution in [0.1, 0.15) is 25.0 Å². The van der Waals surface area contributed by atoms with Crippen molar-refractivity contribution in [2.24, 2.45) is 5.92 Å². The Kier molecular flexibility index (Phi) is 7.04. The molecule has 0 aliphatic carbocycles. The molecule has 0 saturated heterocycles. The first kappa shape index (κ1) is 21.4. The highest BCUT2D eigenvalue weighted by Gasteiger charge is 2.38. The fourth-order valence-electron chi connectivity index (χ4n) is 3.37. The van der Waals surface area contributed by atoms with Crippen LogP contribution in [-0.4, -0.2) is 37.8 Å². The third kappa shape index (κ3) is 4.89. The monoisotopic (exact) mass is 391 g/mol. The van der Waals surface area contributed by atoms with Crippen molar-refractivity contribution in [1.82, 2.24) is 4.90 Å². The minimum Gasteiger partial charge on any atom is -0.497 e. The number of benzene rings is 2. The Labute approximate surface area is 166 Å². The highest BCUT2D eigenvalue weighted by atomic mass is 35.5. The van der Waals surface area contributed by atoms with Gasteiger partial charge in [0.05, 0.1) is 12.1 Å². The molecular weight excluding hydrogens is 365 g/mol. The minimum absolute atomic E-state index is 0.000209. The van der Waals surface area contributed by atoms with Crippen LogP contribution in [0.3, 0.4) is 0 Å². The molecule has 3 nitrogen and oxygen atoms in total. The zero-order valence-electron chi connectivity index (χ0n) is 16.5. The van der Waals surface area contributed by atoms with Gasteiger partial charge in [0.15, 0.2) is 0 Å². The third-order valence-corrected chi connectivity index (χ3v) is 5.10. The van der Waals surface area contributed by atoms with Crippen LogP contribution in [0.5, 0.6) is 5.75 Å². The van der Waals surface area contributed by atoms with E-state index in [2.05, 4.69) is 0 Å². The van der Waals surface area contributed by atoms with E-state index in [4.69, 9.17) is 16.3 Å². The average molecular weight is 392 g/mol. The maximum atomic E-state index is 13.7. The fraction of sp³-hybridized carbons (Fsp3) is 0.364. The lowest BCUT2D eigenvalue weighted by Gasteiger charge is -2.37. The van der Waals surface area contributed by atoms with Gasteiger partial charge in [0.25, 0.3) is 0 Å². The van der Waals surface area contributed by atoms with Gasteiger partial charge in [0.1, 0.15) is 17.2 Å². The number of nitrogens with zero attached hydrogens (tertiary/aromatic N) is 1. The molecule has 0 bridgehead atoms. The topological polar surface area (TPSA) is 32.7 Å². The molecule has 0 aliphatic rings. The van der Waals surface area contributed by atoms with Crippen LogP contribution in [0, 0.1) is 11.7 Å². The molecule has 0 fully saturated rings. The quantitative estimate of drug-likeness (QED) is 0.722. The molecule has 0 spiro atoms. The lowest BCUT2D eigenvalue weighted by atomic mass is 9.76. The van der Waals surface area contributed by atoms with Crippen molar-refractivity contribution in [3.8, 4) is 5.75 Å². The van der Waals surface area contributed by atoms with E-state index in [0.717, 1.165) is 16.9 Å². The first-order valence-corrected chi connectivity index (χ1v) is 9.21. The van der Waals surface area contributed by atoms with Gasteiger partial charge in [0, 0.05) is 12.5 Å². The SMILES string of the molecule is COc1ccc(/C=C(/C)C(O)(c2ccc(F)c(Cl)c2)C(C)CN(C)C)cc1. The lowest BCUT2D eigenvalue weighted by Crippen LogP contribution is -2.40. The number of ether oxygens (including phenoxy) is 1. The largest absolute Gasteiger partial charge is 0.497 e. The zero-order valence-corrected chi connectivity index (χ0v) is 17.2. The lowest BCUT2D eigenvalue weighted by molar-refractivity contribution is 0.0105. The standard InChI is InChI=1S/C22H27ClFNO2/c1-15(12-17-6-9-19(27-5)10-7-17)22(26,16(2)14-25(3)4)18-8-11-21(24)20(23)13-18/h6-13,16,26H,14H2,1-5H3/b15-12-. The van der Waals surface area contributed by atoms with Crippen molar-refractivity contribution in [2.45, 2.75) is 19.4 Å². The van der Waals surface area contributed by atoms with Crippen LogP contribution in [0.4, 0.5) is 4.39 Å². The molecule has 0 aromatic heterocycles. The Hall–Kier alpha value is -1.88. The van der Waals surface area contributed by atoms with Crippen LogP contribution in [0.15, 0.2) is 48.0 Å². The normalized spacial score (nSPS) is 15.5. The maximum absolute atomic E-state index is 13.7. The summed E-state index contributed by atoms with van der Waals surface area (Å²) >= 11 is 6.00. The minimum atomic E-state index is -1.29. The van der Waals surface area contributed by atoms with E-state index in [-0.39, 0.29) is 10.9 Å². The van der Waals surface area contributed by atoms with Crippen LogP contribution in [0.2, 0.25) is 5.02 Å². The Morgan fingerprint density at radius 1 is 1.26 bits per heavy atom. The van der Waals surface area contributed by atoms with E-state index in [1.165, 1.54) is 12.1 Å². The van der Waals surface area contributed by atoms with E-state index in [0.29, 0.717) is 12.1 Å². The summed E-state index contributed by atoms with van der Waals surface area (Å²) in [5.41, 5.74) is 0.980. The van der Waals surface area contributed by atoms with Crippen molar-refractivity contribution >= 4 is 17.7 Å². The molecule has 2 aromatic carbocycles. The molecule has 2 unspecified atom stereocenters. The molecule has 0 saturated carbocycles. The Balaban J connectivity index is 2.52. The van der Waals surface area contributed by atoms with Gasteiger partial charge in [-0.2, -0.15) is 0 Å². The van der Waals surface area contributed by atoms with Crippen molar-refractivity contribution in [3.63, 3.8) is 0 Å². The van der Waals surface area contributed by atoms with E-state index < -0.39 is 11.4 Å². The Bertz CT molecular complexity index is 804. The third-order valence-electron chi connectivity index (χ3n) is 4.81. The maximum Gasteiger partial charge on any atom is 0.141 e. The summed E-state index contributed by atoms with van der Waals surface area (Å²) in [6.45, 7) is 4.51. The van der Waals surface area contributed by atoms with E-state index >= 15 is 0 Å². The summed E-state index contributed by atoms with van der Waals surface area (Å²) < 4.78 is 18.9. The molecule has 2 rings (SSSR count). The number of aliphatic hydroxyl groups is 1. The number of halogens is 2. The van der Waals surface area contributed by atoms with E-state index in [9.17, 15) is 9.50 Å². The number of hydrogen-bond donors (Lipinski definition) is 1. The summed E-state index contributed by atoms with van der Waals surface area (Å²) in [7, 11) is 5.53. The molecule has 146 valence electrons. The Morgan fingerprint density at radius 2 is 1.89 bits per heavy atom. The molecule has 2 atom stereocenters.